The van der Waals surface area contributed by atoms with E-state index in [-0.39, 0.29) is 6.04 Å². The minimum Gasteiger partial charge on any atom is -0.379 e. The smallest absolute Gasteiger partial charge is 0.130 e. The summed E-state index contributed by atoms with van der Waals surface area (Å²) in [6.45, 7) is 8.53. The van der Waals surface area contributed by atoms with Crippen molar-refractivity contribution in [1.82, 2.24) is 5.32 Å². The van der Waals surface area contributed by atoms with Crippen LogP contribution in [-0.4, -0.2) is 17.7 Å². The number of nitrogens with one attached hydrogen (secondary N) is 1. The van der Waals surface area contributed by atoms with Crippen LogP contribution in [0, 0.1) is 0 Å². The molecule has 1 saturated heterocycles. The first-order valence-electron chi connectivity index (χ1n) is 8.10. The molecule has 2 aromatic carbocycles. The van der Waals surface area contributed by atoms with Crippen molar-refractivity contribution in [3.8, 4) is 0 Å². The van der Waals surface area contributed by atoms with E-state index in [9.17, 15) is 5.11 Å². The van der Waals surface area contributed by atoms with Gasteiger partial charge in [0, 0.05) is 6.04 Å². The third-order valence-corrected chi connectivity index (χ3v) is 4.74. The van der Waals surface area contributed by atoms with Gasteiger partial charge in [0.2, 0.25) is 0 Å². The summed E-state index contributed by atoms with van der Waals surface area (Å²) in [7, 11) is 0. The molecule has 2 heteroatoms. The number of benzene rings is 2. The first kappa shape index (κ1) is 15.7. The molecule has 2 nitrogen and oxygen atoms in total. The molecule has 1 atom stereocenters. The second-order valence-corrected chi connectivity index (χ2v) is 6.07. The zero-order valence-corrected chi connectivity index (χ0v) is 13.3. The molecule has 1 fully saturated rings. The molecule has 0 aliphatic carbocycles. The van der Waals surface area contributed by atoms with Crippen LogP contribution in [0.25, 0.3) is 12.2 Å². The van der Waals surface area contributed by atoms with Gasteiger partial charge in [0.05, 0.1) is 0 Å². The van der Waals surface area contributed by atoms with Gasteiger partial charge in [-0.25, -0.2) is 0 Å². The molecule has 0 unspecified atom stereocenters. The zero-order chi connectivity index (χ0) is 16.3. The molecule has 0 aromatic heterocycles. The summed E-state index contributed by atoms with van der Waals surface area (Å²) in [5.74, 6) is 0. The number of hydrogen-bond donors (Lipinski definition) is 2. The minimum atomic E-state index is -1.03. The monoisotopic (exact) mass is 305 g/mol. The van der Waals surface area contributed by atoms with Crippen molar-refractivity contribution in [3.63, 3.8) is 0 Å². The van der Waals surface area contributed by atoms with Gasteiger partial charge in [0.15, 0.2) is 0 Å². The van der Waals surface area contributed by atoms with Gasteiger partial charge < -0.3 is 10.4 Å². The normalized spacial score (nSPS) is 17.9. The summed E-state index contributed by atoms with van der Waals surface area (Å²) >= 11 is 0. The summed E-state index contributed by atoms with van der Waals surface area (Å²) in [5.41, 5.74) is 2.90. The Morgan fingerprint density at radius 2 is 1.39 bits per heavy atom. The van der Waals surface area contributed by atoms with Crippen LogP contribution < -0.4 is 5.32 Å². The molecule has 3 rings (SSSR count). The largest absolute Gasteiger partial charge is 0.379 e. The molecule has 0 bridgehead atoms. The molecule has 2 aromatic rings. The van der Waals surface area contributed by atoms with Gasteiger partial charge in [0.25, 0.3) is 0 Å². The molecule has 2 N–H and O–H groups in total. The van der Waals surface area contributed by atoms with E-state index in [1.165, 1.54) is 0 Å². The molecule has 0 amide bonds. The van der Waals surface area contributed by atoms with E-state index in [0.717, 1.165) is 41.6 Å². The van der Waals surface area contributed by atoms with Gasteiger partial charge >= 0.3 is 0 Å². The fourth-order valence-electron chi connectivity index (χ4n) is 3.36. The first-order chi connectivity index (χ1) is 11.2. The Kier molecular flexibility index (Phi) is 4.46. The van der Waals surface area contributed by atoms with Crippen LogP contribution in [0.3, 0.4) is 0 Å². The quantitative estimate of drug-likeness (QED) is 0.876. The lowest BCUT2D eigenvalue weighted by Gasteiger charge is -2.35. The van der Waals surface area contributed by atoms with Crippen molar-refractivity contribution < 1.29 is 5.11 Å². The summed E-state index contributed by atoms with van der Waals surface area (Å²) in [6.07, 6.45) is 5.68. The SMILES string of the molecule is C=Cc1ccc(C(O)(c2ccc(C=C)cc2)[C@@H]2CCCN2)cc1. The van der Waals surface area contributed by atoms with E-state index in [1.54, 1.807) is 0 Å². The molecule has 23 heavy (non-hydrogen) atoms. The molecule has 0 radical (unpaired) electrons. The maximum absolute atomic E-state index is 11.7. The third kappa shape index (κ3) is 2.88. The Hall–Kier alpha value is -2.16. The van der Waals surface area contributed by atoms with Gasteiger partial charge in [-0.3, -0.25) is 0 Å². The van der Waals surface area contributed by atoms with Crippen molar-refractivity contribution in [1.29, 1.82) is 0 Å². The van der Waals surface area contributed by atoms with Crippen LogP contribution in [-0.2, 0) is 5.60 Å². The van der Waals surface area contributed by atoms with Gasteiger partial charge in [-0.05, 0) is 41.6 Å². The lowest BCUT2D eigenvalue weighted by atomic mass is 9.79. The Morgan fingerprint density at radius 3 is 1.74 bits per heavy atom. The van der Waals surface area contributed by atoms with E-state index in [4.69, 9.17) is 0 Å². The minimum absolute atomic E-state index is 0.0201. The van der Waals surface area contributed by atoms with E-state index < -0.39 is 5.60 Å². The predicted molar refractivity (Wildman–Crippen MR) is 97.1 cm³/mol. The molecule has 1 aliphatic heterocycles. The van der Waals surface area contributed by atoms with E-state index >= 15 is 0 Å². The highest BCUT2D eigenvalue weighted by atomic mass is 16.3. The van der Waals surface area contributed by atoms with E-state index in [2.05, 4.69) is 18.5 Å². The number of aliphatic hydroxyl groups is 1. The highest BCUT2D eigenvalue weighted by Gasteiger charge is 2.41. The highest BCUT2D eigenvalue weighted by molar-refractivity contribution is 5.52. The molecule has 0 spiro atoms. The summed E-state index contributed by atoms with van der Waals surface area (Å²) in [5, 5.41) is 15.1. The fraction of sp³-hybridized carbons (Fsp3) is 0.238. The topological polar surface area (TPSA) is 32.3 Å². The van der Waals surface area contributed by atoms with Gasteiger partial charge in [-0.1, -0.05) is 73.8 Å². The van der Waals surface area contributed by atoms with Crippen LogP contribution in [0.1, 0.15) is 35.1 Å². The van der Waals surface area contributed by atoms with Crippen LogP contribution >= 0.6 is 0 Å². The standard InChI is InChI=1S/C21H23NO/c1-3-16-7-11-18(12-8-16)21(23,20-6-5-15-22-20)19-13-9-17(4-2)10-14-19/h3-4,7-14,20,22-23H,1-2,5-6,15H2/t20-/m0/s1. The van der Waals surface area contributed by atoms with Crippen molar-refractivity contribution in [2.24, 2.45) is 0 Å². The van der Waals surface area contributed by atoms with E-state index in [0.29, 0.717) is 0 Å². The molecule has 0 saturated carbocycles. The fourth-order valence-corrected chi connectivity index (χ4v) is 3.36. The van der Waals surface area contributed by atoms with Crippen molar-refractivity contribution in [3.05, 3.63) is 83.9 Å². The first-order valence-corrected chi connectivity index (χ1v) is 8.10. The van der Waals surface area contributed by atoms with E-state index in [1.807, 2.05) is 60.7 Å². The Bertz CT molecular complexity index is 627. The summed E-state index contributed by atoms with van der Waals surface area (Å²) in [4.78, 5) is 0. The second-order valence-electron chi connectivity index (χ2n) is 6.07. The predicted octanol–water partition coefficient (Wildman–Crippen LogP) is 3.96. The lowest BCUT2D eigenvalue weighted by Crippen LogP contribution is -2.46. The van der Waals surface area contributed by atoms with Crippen molar-refractivity contribution in [2.75, 3.05) is 6.54 Å². The van der Waals surface area contributed by atoms with Gasteiger partial charge in [-0.15, -0.1) is 0 Å². The average molecular weight is 305 g/mol. The second kappa shape index (κ2) is 6.53. The molecule has 1 heterocycles. The lowest BCUT2D eigenvalue weighted by molar-refractivity contribution is 0.0442. The van der Waals surface area contributed by atoms with Crippen LogP contribution in [0.5, 0.6) is 0 Å². The van der Waals surface area contributed by atoms with Crippen LogP contribution in [0.2, 0.25) is 0 Å². The van der Waals surface area contributed by atoms with Crippen LogP contribution in [0.15, 0.2) is 61.7 Å². The average Bonchev–Trinajstić information content (AvgIpc) is 3.16. The highest BCUT2D eigenvalue weighted by Crippen LogP contribution is 2.37. The number of rotatable bonds is 5. The van der Waals surface area contributed by atoms with Gasteiger partial charge in [-0.2, -0.15) is 0 Å². The summed E-state index contributed by atoms with van der Waals surface area (Å²) in [6, 6.07) is 16.0. The summed E-state index contributed by atoms with van der Waals surface area (Å²) < 4.78 is 0. The number of hydrogen-bond acceptors (Lipinski definition) is 2. The molecular weight excluding hydrogens is 282 g/mol. The zero-order valence-electron chi connectivity index (χ0n) is 13.3. The third-order valence-electron chi connectivity index (χ3n) is 4.74. The van der Waals surface area contributed by atoms with Gasteiger partial charge in [0.1, 0.15) is 5.60 Å². The molecule has 118 valence electrons. The van der Waals surface area contributed by atoms with Crippen molar-refractivity contribution in [2.45, 2.75) is 24.5 Å². The Labute approximate surface area is 138 Å². The van der Waals surface area contributed by atoms with Crippen molar-refractivity contribution >= 4 is 12.2 Å². The molecule has 1 aliphatic rings. The van der Waals surface area contributed by atoms with Crippen LogP contribution in [0.4, 0.5) is 0 Å². The Morgan fingerprint density at radius 1 is 0.913 bits per heavy atom. The maximum Gasteiger partial charge on any atom is 0.130 e. The Balaban J connectivity index is 2.08. The molecular formula is C21H23NO. The maximum atomic E-state index is 11.7.